The van der Waals surface area contributed by atoms with Crippen LogP contribution in [0.4, 0.5) is 5.13 Å². The molecule has 0 bridgehead atoms. The summed E-state index contributed by atoms with van der Waals surface area (Å²) >= 11 is 1.62. The van der Waals surface area contributed by atoms with Crippen LogP contribution >= 0.6 is 11.3 Å². The van der Waals surface area contributed by atoms with Gasteiger partial charge in [0.25, 0.3) is 5.91 Å². The summed E-state index contributed by atoms with van der Waals surface area (Å²) in [5.41, 5.74) is 6.53. The van der Waals surface area contributed by atoms with Gasteiger partial charge in [-0.3, -0.25) is 14.6 Å². The maximum Gasteiger partial charge on any atom is 0.260 e. The molecule has 1 saturated heterocycles. The minimum atomic E-state index is 0.0108. The third-order valence-electron chi connectivity index (χ3n) is 6.70. The van der Waals surface area contributed by atoms with E-state index < -0.39 is 0 Å². The van der Waals surface area contributed by atoms with Crippen molar-refractivity contribution in [2.75, 3.05) is 44.3 Å². The molecule has 5 rings (SSSR count). The fourth-order valence-corrected chi connectivity index (χ4v) is 5.83. The largest absolute Gasteiger partial charge is 0.379 e. The number of fused-ring (bicyclic) bond motifs is 1. The molecule has 0 N–H and O–H groups in total. The molecule has 0 unspecified atom stereocenters. The molecular formula is C30H33N3O2S. The zero-order chi connectivity index (χ0) is 24.9. The van der Waals surface area contributed by atoms with Gasteiger partial charge in [0, 0.05) is 31.7 Å². The summed E-state index contributed by atoms with van der Waals surface area (Å²) in [7, 11) is 0. The number of nitrogens with zero attached hydrogens (tertiary/aromatic N) is 3. The van der Waals surface area contributed by atoms with Crippen LogP contribution in [0.15, 0.2) is 66.7 Å². The van der Waals surface area contributed by atoms with E-state index in [1.165, 1.54) is 22.3 Å². The third kappa shape index (κ3) is 5.84. The Kier molecular flexibility index (Phi) is 7.75. The average Bonchev–Trinajstić information content (AvgIpc) is 3.32. The number of benzene rings is 3. The van der Waals surface area contributed by atoms with Crippen LogP contribution in [-0.2, 0) is 11.2 Å². The van der Waals surface area contributed by atoms with Crippen LogP contribution in [0.5, 0.6) is 0 Å². The maximum absolute atomic E-state index is 13.8. The Bertz CT molecular complexity index is 1310. The highest BCUT2D eigenvalue weighted by Crippen LogP contribution is 2.33. The molecule has 0 aliphatic carbocycles. The van der Waals surface area contributed by atoms with Crippen LogP contribution in [0, 0.1) is 13.8 Å². The summed E-state index contributed by atoms with van der Waals surface area (Å²) in [5, 5.41) is 0.777. The van der Waals surface area contributed by atoms with Gasteiger partial charge < -0.3 is 4.74 Å². The minimum Gasteiger partial charge on any atom is -0.379 e. The van der Waals surface area contributed by atoms with E-state index in [2.05, 4.69) is 67.3 Å². The fourth-order valence-electron chi connectivity index (χ4n) is 4.79. The molecule has 1 fully saturated rings. The Morgan fingerprint density at radius 2 is 1.72 bits per heavy atom. The van der Waals surface area contributed by atoms with Gasteiger partial charge in [-0.15, -0.1) is 0 Å². The lowest BCUT2D eigenvalue weighted by Gasteiger charge is -2.27. The molecule has 3 aromatic carbocycles. The Balaban J connectivity index is 1.37. The number of morpholine rings is 1. The zero-order valence-corrected chi connectivity index (χ0v) is 21.9. The Labute approximate surface area is 217 Å². The van der Waals surface area contributed by atoms with Gasteiger partial charge in [0.15, 0.2) is 5.13 Å². The van der Waals surface area contributed by atoms with Gasteiger partial charge in [0.2, 0.25) is 0 Å². The number of hydrogen-bond acceptors (Lipinski definition) is 5. The van der Waals surface area contributed by atoms with Gasteiger partial charge in [0.1, 0.15) is 0 Å². The Morgan fingerprint density at radius 3 is 2.47 bits per heavy atom. The molecular weight excluding hydrogens is 466 g/mol. The van der Waals surface area contributed by atoms with E-state index in [4.69, 9.17) is 9.72 Å². The summed E-state index contributed by atoms with van der Waals surface area (Å²) in [6.45, 7) is 9.28. The summed E-state index contributed by atoms with van der Waals surface area (Å²) in [4.78, 5) is 23.0. The van der Waals surface area contributed by atoms with E-state index in [1.807, 2.05) is 23.1 Å². The molecule has 0 atom stereocenters. The highest BCUT2D eigenvalue weighted by Gasteiger charge is 2.22. The lowest BCUT2D eigenvalue weighted by Crippen LogP contribution is -2.39. The number of anilines is 1. The Hall–Kier alpha value is -3.06. The van der Waals surface area contributed by atoms with Gasteiger partial charge >= 0.3 is 0 Å². The van der Waals surface area contributed by atoms with Crippen molar-refractivity contribution in [3.63, 3.8) is 0 Å². The second-order valence-electron chi connectivity index (χ2n) is 9.55. The molecule has 0 spiro atoms. The molecule has 186 valence electrons. The molecule has 5 nitrogen and oxygen atoms in total. The van der Waals surface area contributed by atoms with Crippen molar-refractivity contribution in [1.82, 2.24) is 9.88 Å². The first-order valence-electron chi connectivity index (χ1n) is 12.7. The van der Waals surface area contributed by atoms with E-state index in [-0.39, 0.29) is 5.91 Å². The monoisotopic (exact) mass is 499 g/mol. The first-order valence-corrected chi connectivity index (χ1v) is 13.5. The van der Waals surface area contributed by atoms with Crippen molar-refractivity contribution < 1.29 is 9.53 Å². The van der Waals surface area contributed by atoms with Crippen LogP contribution < -0.4 is 4.90 Å². The predicted octanol–water partition coefficient (Wildman–Crippen LogP) is 5.87. The zero-order valence-electron chi connectivity index (χ0n) is 21.1. The number of thiazole rings is 1. The van der Waals surface area contributed by atoms with E-state index in [1.54, 1.807) is 11.3 Å². The molecule has 1 amide bonds. The molecule has 2 heterocycles. The van der Waals surface area contributed by atoms with Crippen molar-refractivity contribution in [3.05, 3.63) is 94.5 Å². The number of amides is 1. The number of aromatic nitrogens is 1. The lowest BCUT2D eigenvalue weighted by atomic mass is 10.0. The highest BCUT2D eigenvalue weighted by atomic mass is 32.1. The summed E-state index contributed by atoms with van der Waals surface area (Å²) in [6.07, 6.45) is 1.75. The number of carbonyl (C=O) groups is 1. The topological polar surface area (TPSA) is 45.7 Å². The van der Waals surface area contributed by atoms with Crippen molar-refractivity contribution in [3.8, 4) is 0 Å². The Morgan fingerprint density at radius 1 is 1.00 bits per heavy atom. The van der Waals surface area contributed by atoms with Gasteiger partial charge in [-0.25, -0.2) is 4.98 Å². The SMILES string of the molecule is Cc1cc(C)c2sc(N(CCCN3CCOCC3)C(=O)c3ccc(Cc4ccccc4)cc3)nc2c1. The number of hydrogen-bond donors (Lipinski definition) is 0. The van der Waals surface area contributed by atoms with Crippen LogP contribution in [0.25, 0.3) is 10.2 Å². The van der Waals surface area contributed by atoms with Crippen molar-refractivity contribution in [1.29, 1.82) is 0 Å². The van der Waals surface area contributed by atoms with E-state index in [0.717, 1.165) is 61.0 Å². The third-order valence-corrected chi connectivity index (χ3v) is 7.93. The fraction of sp³-hybridized carbons (Fsp3) is 0.333. The van der Waals surface area contributed by atoms with Gasteiger partial charge in [-0.1, -0.05) is 59.9 Å². The second-order valence-corrected chi connectivity index (χ2v) is 10.5. The summed E-state index contributed by atoms with van der Waals surface area (Å²) < 4.78 is 6.63. The number of carbonyl (C=O) groups excluding carboxylic acids is 1. The molecule has 1 aliphatic heterocycles. The molecule has 0 saturated carbocycles. The van der Waals surface area contributed by atoms with E-state index in [0.29, 0.717) is 12.1 Å². The minimum absolute atomic E-state index is 0.0108. The average molecular weight is 500 g/mol. The lowest BCUT2D eigenvalue weighted by molar-refractivity contribution is 0.0376. The standard InChI is InChI=1S/C30H33N3O2S/c1-22-19-23(2)28-27(20-22)31-30(36-28)33(14-6-13-32-15-17-35-18-16-32)29(34)26-11-9-25(10-12-26)21-24-7-4-3-5-8-24/h3-5,7-12,19-20H,6,13-18,21H2,1-2H3. The quantitative estimate of drug-likeness (QED) is 0.304. The number of rotatable bonds is 8. The number of aryl methyl sites for hydroxylation is 2. The van der Waals surface area contributed by atoms with E-state index >= 15 is 0 Å². The van der Waals surface area contributed by atoms with Crippen molar-refractivity contribution in [2.24, 2.45) is 0 Å². The number of ether oxygens (including phenoxy) is 1. The van der Waals surface area contributed by atoms with Crippen LogP contribution in [0.2, 0.25) is 0 Å². The molecule has 1 aromatic heterocycles. The smallest absolute Gasteiger partial charge is 0.260 e. The first-order chi connectivity index (χ1) is 17.6. The van der Waals surface area contributed by atoms with Gasteiger partial charge in [0.05, 0.1) is 23.4 Å². The van der Waals surface area contributed by atoms with Crippen LogP contribution in [0.1, 0.15) is 39.0 Å². The second kappa shape index (κ2) is 11.3. The first kappa shape index (κ1) is 24.6. The van der Waals surface area contributed by atoms with Crippen molar-refractivity contribution >= 4 is 32.6 Å². The van der Waals surface area contributed by atoms with Gasteiger partial charge in [-0.05, 0) is 67.1 Å². The van der Waals surface area contributed by atoms with Crippen LogP contribution in [-0.4, -0.2) is 55.2 Å². The summed E-state index contributed by atoms with van der Waals surface area (Å²) in [6, 6.07) is 22.7. The maximum atomic E-state index is 13.8. The molecule has 0 radical (unpaired) electrons. The molecule has 4 aromatic rings. The molecule has 1 aliphatic rings. The highest BCUT2D eigenvalue weighted by molar-refractivity contribution is 7.22. The van der Waals surface area contributed by atoms with Gasteiger partial charge in [-0.2, -0.15) is 0 Å². The summed E-state index contributed by atoms with van der Waals surface area (Å²) in [5.74, 6) is 0.0108. The van der Waals surface area contributed by atoms with E-state index in [9.17, 15) is 4.79 Å². The van der Waals surface area contributed by atoms with Crippen molar-refractivity contribution in [2.45, 2.75) is 26.7 Å². The molecule has 36 heavy (non-hydrogen) atoms. The van der Waals surface area contributed by atoms with Crippen LogP contribution in [0.3, 0.4) is 0 Å². The predicted molar refractivity (Wildman–Crippen MR) is 148 cm³/mol. The molecule has 6 heteroatoms. The normalized spacial score (nSPS) is 14.3.